The highest BCUT2D eigenvalue weighted by molar-refractivity contribution is 6.00. The number of fused-ring (bicyclic) bond motifs is 1. The number of carbonyl (C=O) groups excluding carboxylic acids is 1. The second-order valence-electron chi connectivity index (χ2n) is 15.2. The van der Waals surface area contributed by atoms with Crippen molar-refractivity contribution in [3.8, 4) is 11.5 Å². The maximum Gasteiger partial charge on any atom is 0.247 e. The van der Waals surface area contributed by atoms with E-state index < -0.39 is 6.04 Å². The number of ether oxygens (including phenoxy) is 2. The Morgan fingerprint density at radius 3 is 1.98 bits per heavy atom. The molecule has 6 rings (SSSR count). The summed E-state index contributed by atoms with van der Waals surface area (Å²) in [6.45, 7) is 8.80. The maximum atomic E-state index is 15.2. The van der Waals surface area contributed by atoms with Crippen LogP contribution in [0.25, 0.3) is 0 Å². The quantitative estimate of drug-likeness (QED) is 0.174. The fourth-order valence-electron chi connectivity index (χ4n) is 8.36. The van der Waals surface area contributed by atoms with E-state index in [1.807, 2.05) is 0 Å². The summed E-state index contributed by atoms with van der Waals surface area (Å²) in [5, 5.41) is 7.54. The van der Waals surface area contributed by atoms with Crippen LogP contribution in [0.3, 0.4) is 0 Å². The van der Waals surface area contributed by atoms with E-state index >= 15 is 4.79 Å². The molecule has 3 aliphatic rings. The third-order valence-electron chi connectivity index (χ3n) is 11.1. The van der Waals surface area contributed by atoms with Gasteiger partial charge in [-0.1, -0.05) is 115 Å². The van der Waals surface area contributed by atoms with Crippen LogP contribution in [-0.2, 0) is 11.2 Å². The number of anilines is 1. The van der Waals surface area contributed by atoms with Gasteiger partial charge in [0.1, 0.15) is 6.04 Å². The molecule has 3 aromatic rings. The minimum atomic E-state index is -0.524. The highest BCUT2D eigenvalue weighted by Crippen LogP contribution is 2.44. The van der Waals surface area contributed by atoms with Crippen molar-refractivity contribution in [2.45, 2.75) is 134 Å². The van der Waals surface area contributed by atoms with Crippen molar-refractivity contribution in [1.82, 2.24) is 10.2 Å². The van der Waals surface area contributed by atoms with Crippen LogP contribution in [-0.4, -0.2) is 49.1 Å². The lowest BCUT2D eigenvalue weighted by atomic mass is 9.83. The molecule has 3 aromatic carbocycles. The second-order valence-corrected chi connectivity index (χ2v) is 15.2. The van der Waals surface area contributed by atoms with E-state index in [4.69, 9.17) is 14.5 Å². The molecule has 0 saturated heterocycles. The monoisotopic (exact) mass is 678 g/mol. The van der Waals surface area contributed by atoms with E-state index in [1.165, 1.54) is 38.5 Å². The van der Waals surface area contributed by atoms with Gasteiger partial charge in [-0.15, -0.1) is 0 Å². The van der Waals surface area contributed by atoms with Gasteiger partial charge in [-0.25, -0.2) is 4.99 Å². The topological polar surface area (TPSA) is 75.2 Å². The number of guanidine groups is 1. The summed E-state index contributed by atoms with van der Waals surface area (Å²) in [7, 11) is 3.37. The molecule has 2 aliphatic carbocycles. The van der Waals surface area contributed by atoms with E-state index in [9.17, 15) is 0 Å². The lowest BCUT2D eigenvalue weighted by Gasteiger charge is -2.46. The Morgan fingerprint density at radius 2 is 1.38 bits per heavy atom. The molecule has 2 fully saturated rings. The van der Waals surface area contributed by atoms with Gasteiger partial charge in [0.2, 0.25) is 5.91 Å². The van der Waals surface area contributed by atoms with Gasteiger partial charge in [0.05, 0.1) is 26.3 Å². The molecule has 7 heteroatoms. The zero-order valence-electron chi connectivity index (χ0n) is 31.1. The zero-order valence-corrected chi connectivity index (χ0v) is 31.1. The molecule has 1 aliphatic heterocycles. The molecule has 0 unspecified atom stereocenters. The molecule has 0 bridgehead atoms. The van der Waals surface area contributed by atoms with Crippen molar-refractivity contribution in [2.24, 2.45) is 4.99 Å². The number of methoxy groups -OCH3 is 2. The fourth-order valence-corrected chi connectivity index (χ4v) is 8.36. The van der Waals surface area contributed by atoms with Crippen LogP contribution in [0.4, 0.5) is 5.69 Å². The third kappa shape index (κ3) is 7.82. The number of aliphatic imine (C=N–C) groups is 1. The average molecular weight is 679 g/mol. The van der Waals surface area contributed by atoms with Crippen LogP contribution >= 0.6 is 0 Å². The number of amides is 1. The fraction of sp³-hybridized carbons (Fsp3) is 0.535. The molecule has 1 heterocycles. The highest BCUT2D eigenvalue weighted by Gasteiger charge is 2.43. The lowest BCUT2D eigenvalue weighted by molar-refractivity contribution is -0.120. The Labute approximate surface area is 300 Å². The van der Waals surface area contributed by atoms with Crippen molar-refractivity contribution >= 4 is 17.6 Å². The summed E-state index contributed by atoms with van der Waals surface area (Å²) in [4.78, 5) is 23.1. The van der Waals surface area contributed by atoms with Gasteiger partial charge in [0.15, 0.2) is 17.5 Å². The molecule has 0 spiro atoms. The molecule has 2 saturated carbocycles. The van der Waals surface area contributed by atoms with Crippen LogP contribution < -0.4 is 20.1 Å². The van der Waals surface area contributed by atoms with Crippen LogP contribution in [0.1, 0.15) is 138 Å². The summed E-state index contributed by atoms with van der Waals surface area (Å²) >= 11 is 0. The maximum absolute atomic E-state index is 15.2. The molecular weight excluding hydrogens is 620 g/mol. The van der Waals surface area contributed by atoms with Gasteiger partial charge >= 0.3 is 0 Å². The molecular formula is C43H58N4O3. The largest absolute Gasteiger partial charge is 0.493 e. The average Bonchev–Trinajstić information content (AvgIpc) is 3.14. The molecule has 0 aromatic heterocycles. The first-order valence-corrected chi connectivity index (χ1v) is 19.1. The van der Waals surface area contributed by atoms with Gasteiger partial charge < -0.3 is 25.0 Å². The number of nitrogens with one attached hydrogen (secondary N) is 2. The zero-order chi connectivity index (χ0) is 35.2. The smallest absolute Gasteiger partial charge is 0.247 e. The molecule has 2 atom stereocenters. The SMILES string of the molecule is COc1cc2c(cc1OC)[C@@H](c1ccccc1)N(C(=NC1CCCCC1)NC1CCCCC1)[C@H](C(=O)Nc1c(C(C)C)cccc1C(C)C)C2. The van der Waals surface area contributed by atoms with E-state index in [2.05, 4.69) is 104 Å². The predicted octanol–water partition coefficient (Wildman–Crippen LogP) is 9.52. The van der Waals surface area contributed by atoms with Crippen molar-refractivity contribution in [1.29, 1.82) is 0 Å². The van der Waals surface area contributed by atoms with Gasteiger partial charge in [0, 0.05) is 18.2 Å². The molecule has 0 radical (unpaired) electrons. The summed E-state index contributed by atoms with van der Waals surface area (Å²) in [6.07, 6.45) is 12.3. The van der Waals surface area contributed by atoms with Crippen LogP contribution in [0.2, 0.25) is 0 Å². The van der Waals surface area contributed by atoms with Crippen LogP contribution in [0.5, 0.6) is 11.5 Å². The summed E-state index contributed by atoms with van der Waals surface area (Å²) in [5.74, 6) is 2.74. The second kappa shape index (κ2) is 16.3. The van der Waals surface area contributed by atoms with Gasteiger partial charge in [-0.3, -0.25) is 4.79 Å². The normalized spacial score (nSPS) is 20.5. The van der Waals surface area contributed by atoms with Crippen molar-refractivity contribution < 1.29 is 14.3 Å². The molecule has 268 valence electrons. The number of rotatable bonds is 9. The van der Waals surface area contributed by atoms with Gasteiger partial charge in [-0.05, 0) is 77.5 Å². The number of nitrogens with zero attached hydrogens (tertiary/aromatic N) is 2. The Morgan fingerprint density at radius 1 is 0.780 bits per heavy atom. The van der Waals surface area contributed by atoms with E-state index in [0.29, 0.717) is 24.0 Å². The van der Waals surface area contributed by atoms with Crippen LogP contribution in [0.15, 0.2) is 65.7 Å². The first kappa shape index (κ1) is 35.8. The Balaban J connectivity index is 1.55. The Bertz CT molecular complexity index is 1600. The Hall–Kier alpha value is -4.00. The Kier molecular flexibility index (Phi) is 11.7. The molecule has 50 heavy (non-hydrogen) atoms. The number of para-hydroxylation sites is 1. The summed E-state index contributed by atoms with van der Waals surface area (Å²) < 4.78 is 11.7. The first-order chi connectivity index (χ1) is 24.3. The van der Waals surface area contributed by atoms with Crippen molar-refractivity contribution in [3.63, 3.8) is 0 Å². The standard InChI is InChI=1S/C43H58N4O3/c1-28(2)34-23-16-24-35(29(3)4)40(34)46-42(48)37-25-31-26-38(49-5)39(50-6)27-36(31)41(30-17-10-7-11-18-30)47(37)43(44-32-19-12-8-13-20-32)45-33-21-14-9-15-22-33/h7,10-11,16-18,23-24,26-29,32-33,37,41H,8-9,12-15,19-22,25H2,1-6H3,(H,44,45)(H,46,48)/t37-,41+/m0/s1. The number of benzene rings is 3. The third-order valence-corrected chi connectivity index (χ3v) is 11.1. The number of hydrogen-bond donors (Lipinski definition) is 2. The molecule has 1 amide bonds. The van der Waals surface area contributed by atoms with Gasteiger partial charge in [0.25, 0.3) is 0 Å². The summed E-state index contributed by atoms with van der Waals surface area (Å²) in [6, 6.07) is 21.0. The predicted molar refractivity (Wildman–Crippen MR) is 205 cm³/mol. The highest BCUT2D eigenvalue weighted by atomic mass is 16.5. The van der Waals surface area contributed by atoms with E-state index in [-0.39, 0.29) is 29.8 Å². The van der Waals surface area contributed by atoms with Crippen LogP contribution in [0, 0.1) is 0 Å². The van der Waals surface area contributed by atoms with Gasteiger partial charge in [-0.2, -0.15) is 0 Å². The van der Waals surface area contributed by atoms with E-state index in [0.717, 1.165) is 65.1 Å². The van der Waals surface area contributed by atoms with Crippen molar-refractivity contribution in [3.05, 3.63) is 88.5 Å². The summed E-state index contributed by atoms with van der Waals surface area (Å²) in [5.41, 5.74) is 6.59. The minimum absolute atomic E-state index is 0.0110. The minimum Gasteiger partial charge on any atom is -0.493 e. The number of hydrogen-bond acceptors (Lipinski definition) is 4. The molecule has 7 nitrogen and oxygen atoms in total. The molecule has 2 N–H and O–H groups in total. The number of carbonyl (C=O) groups is 1. The van der Waals surface area contributed by atoms with E-state index in [1.54, 1.807) is 14.2 Å². The first-order valence-electron chi connectivity index (χ1n) is 19.1. The lowest BCUT2D eigenvalue weighted by Crippen LogP contribution is -2.58. The van der Waals surface area contributed by atoms with Crippen molar-refractivity contribution in [2.75, 3.05) is 19.5 Å².